The summed E-state index contributed by atoms with van der Waals surface area (Å²) in [5.41, 5.74) is 0.340. The van der Waals surface area contributed by atoms with Gasteiger partial charge in [0.25, 0.3) is 10.0 Å². The number of hydrogen-bond acceptors (Lipinski definition) is 4. The number of anilines is 1. The number of halogens is 4. The highest BCUT2D eigenvalue weighted by atomic mass is 32.2. The molecule has 3 aromatic rings. The molecule has 0 aliphatic carbocycles. The van der Waals surface area contributed by atoms with Gasteiger partial charge in [-0.1, -0.05) is 36.4 Å². The lowest BCUT2D eigenvalue weighted by Crippen LogP contribution is -2.16. The summed E-state index contributed by atoms with van der Waals surface area (Å²) in [5.74, 6) is -1.34. The number of sulfonamides is 1. The number of thiol groups is 1. The topological polar surface area (TPSA) is 55.4 Å². The van der Waals surface area contributed by atoms with Crippen LogP contribution in [0.25, 0.3) is 11.1 Å². The molecular formula is C19H13F4NO3S2. The Labute approximate surface area is 169 Å². The molecule has 29 heavy (non-hydrogen) atoms. The first-order valence-electron chi connectivity index (χ1n) is 8.02. The lowest BCUT2D eigenvalue weighted by atomic mass is 10.0. The van der Waals surface area contributed by atoms with E-state index in [1.165, 1.54) is 48.5 Å². The maximum atomic E-state index is 14.7. The van der Waals surface area contributed by atoms with Crippen molar-refractivity contribution in [2.45, 2.75) is 16.2 Å². The third kappa shape index (κ3) is 5.01. The van der Waals surface area contributed by atoms with Gasteiger partial charge in [0.2, 0.25) is 0 Å². The average molecular weight is 443 g/mol. The first-order valence-corrected chi connectivity index (χ1v) is 9.95. The molecule has 4 nitrogen and oxygen atoms in total. The van der Waals surface area contributed by atoms with E-state index >= 15 is 0 Å². The van der Waals surface area contributed by atoms with Crippen molar-refractivity contribution < 1.29 is 30.7 Å². The van der Waals surface area contributed by atoms with Crippen molar-refractivity contribution in [2.75, 3.05) is 4.72 Å². The van der Waals surface area contributed by atoms with E-state index in [4.69, 9.17) is 0 Å². The Morgan fingerprint density at radius 2 is 1.52 bits per heavy atom. The van der Waals surface area contributed by atoms with Crippen molar-refractivity contribution in [1.29, 1.82) is 0 Å². The molecule has 0 heterocycles. The van der Waals surface area contributed by atoms with E-state index in [2.05, 4.69) is 22.1 Å². The number of ether oxygens (including phenoxy) is 1. The Balaban J connectivity index is 1.88. The maximum absolute atomic E-state index is 14.7. The molecule has 0 aliphatic rings. The monoisotopic (exact) mass is 443 g/mol. The van der Waals surface area contributed by atoms with E-state index in [9.17, 15) is 26.0 Å². The van der Waals surface area contributed by atoms with Crippen LogP contribution in [0.3, 0.4) is 0 Å². The third-order valence-electron chi connectivity index (χ3n) is 3.81. The zero-order valence-electron chi connectivity index (χ0n) is 14.4. The summed E-state index contributed by atoms with van der Waals surface area (Å²) in [7, 11) is -4.00. The molecule has 3 rings (SSSR count). The van der Waals surface area contributed by atoms with Crippen LogP contribution in [0.4, 0.5) is 23.2 Å². The zero-order valence-corrected chi connectivity index (χ0v) is 16.2. The van der Waals surface area contributed by atoms with E-state index in [1.807, 2.05) is 0 Å². The van der Waals surface area contributed by atoms with Crippen LogP contribution in [0.1, 0.15) is 0 Å². The smallest absolute Gasteiger partial charge is 0.406 e. The Morgan fingerprint density at radius 3 is 2.10 bits per heavy atom. The minimum atomic E-state index is -4.82. The SMILES string of the molecule is O=S(=O)(Nc1ccc(-c2ccc(OC(F)(F)F)cc2)c(S)c1F)c1ccccc1. The highest BCUT2D eigenvalue weighted by Gasteiger charge is 2.31. The van der Waals surface area contributed by atoms with Crippen LogP contribution in [0.2, 0.25) is 0 Å². The highest BCUT2D eigenvalue weighted by molar-refractivity contribution is 7.92. The van der Waals surface area contributed by atoms with Gasteiger partial charge in [-0.05, 0) is 41.5 Å². The fourth-order valence-electron chi connectivity index (χ4n) is 2.52. The first-order chi connectivity index (χ1) is 13.6. The molecule has 0 unspecified atom stereocenters. The molecule has 0 saturated carbocycles. The summed E-state index contributed by atoms with van der Waals surface area (Å²) in [6, 6.07) is 14.8. The van der Waals surface area contributed by atoms with E-state index < -0.39 is 28.0 Å². The molecule has 0 spiro atoms. The second kappa shape index (κ2) is 7.96. The molecular weight excluding hydrogens is 430 g/mol. The normalized spacial score (nSPS) is 11.9. The van der Waals surface area contributed by atoms with E-state index in [-0.39, 0.29) is 21.0 Å². The standard InChI is InChI=1S/C19H13F4NO3S2/c20-17-16(24-29(25,26)14-4-2-1-3-5-14)11-10-15(18(17)28)12-6-8-13(9-7-12)27-19(21,22)23/h1-11,24,28H. The molecule has 0 bridgehead atoms. The molecule has 0 saturated heterocycles. The molecule has 152 valence electrons. The maximum Gasteiger partial charge on any atom is 0.573 e. The van der Waals surface area contributed by atoms with Crippen molar-refractivity contribution in [3.05, 3.63) is 72.5 Å². The van der Waals surface area contributed by atoms with Gasteiger partial charge in [-0.3, -0.25) is 4.72 Å². The summed E-state index contributed by atoms with van der Waals surface area (Å²) in [5, 5.41) is 0. The average Bonchev–Trinajstić information content (AvgIpc) is 2.66. The minimum Gasteiger partial charge on any atom is -0.406 e. The molecule has 0 aromatic heterocycles. The Morgan fingerprint density at radius 1 is 0.897 bits per heavy atom. The van der Waals surface area contributed by atoms with Crippen LogP contribution in [0, 0.1) is 5.82 Å². The van der Waals surface area contributed by atoms with Crippen LogP contribution in [-0.2, 0) is 10.0 Å². The van der Waals surface area contributed by atoms with E-state index in [1.54, 1.807) is 6.07 Å². The predicted molar refractivity (Wildman–Crippen MR) is 103 cm³/mol. The largest absolute Gasteiger partial charge is 0.573 e. The Hall–Kier alpha value is -2.72. The van der Waals surface area contributed by atoms with E-state index in [0.717, 1.165) is 12.1 Å². The van der Waals surface area contributed by atoms with Crippen LogP contribution in [0.15, 0.2) is 76.5 Å². The van der Waals surface area contributed by atoms with Crippen LogP contribution in [0.5, 0.6) is 5.75 Å². The molecule has 0 amide bonds. The Kier molecular flexibility index (Phi) is 5.76. The van der Waals surface area contributed by atoms with Gasteiger partial charge in [-0.25, -0.2) is 12.8 Å². The summed E-state index contributed by atoms with van der Waals surface area (Å²) >= 11 is 4.10. The summed E-state index contributed by atoms with van der Waals surface area (Å²) < 4.78 is 82.1. The first kappa shape index (κ1) is 21.0. The van der Waals surface area contributed by atoms with Gasteiger partial charge in [-0.2, -0.15) is 0 Å². The fraction of sp³-hybridized carbons (Fsp3) is 0.0526. The lowest BCUT2D eigenvalue weighted by Gasteiger charge is -2.13. The van der Waals surface area contributed by atoms with E-state index in [0.29, 0.717) is 5.56 Å². The van der Waals surface area contributed by atoms with Crippen LogP contribution in [-0.4, -0.2) is 14.8 Å². The van der Waals surface area contributed by atoms with Crippen molar-refractivity contribution in [3.8, 4) is 16.9 Å². The van der Waals surface area contributed by atoms with Crippen LogP contribution >= 0.6 is 12.6 Å². The van der Waals surface area contributed by atoms with Gasteiger partial charge >= 0.3 is 6.36 Å². The molecule has 1 N–H and O–H groups in total. The molecule has 3 aromatic carbocycles. The van der Waals surface area contributed by atoms with Gasteiger partial charge < -0.3 is 4.74 Å². The summed E-state index contributed by atoms with van der Waals surface area (Å²) in [6.07, 6.45) is -4.82. The molecule has 0 aliphatic heterocycles. The lowest BCUT2D eigenvalue weighted by molar-refractivity contribution is -0.274. The number of alkyl halides is 3. The summed E-state index contributed by atoms with van der Waals surface area (Å²) in [4.78, 5) is -0.202. The van der Waals surface area contributed by atoms with Gasteiger partial charge in [0.15, 0.2) is 5.82 Å². The number of hydrogen-bond donors (Lipinski definition) is 2. The van der Waals surface area contributed by atoms with Crippen LogP contribution < -0.4 is 9.46 Å². The van der Waals surface area contributed by atoms with Gasteiger partial charge in [0.1, 0.15) is 5.75 Å². The molecule has 10 heteroatoms. The predicted octanol–water partition coefficient (Wildman–Crippen LogP) is 5.48. The number of nitrogens with one attached hydrogen (secondary N) is 1. The van der Waals surface area contributed by atoms with Gasteiger partial charge in [0, 0.05) is 4.90 Å². The number of rotatable bonds is 5. The van der Waals surface area contributed by atoms with Crippen molar-refractivity contribution in [3.63, 3.8) is 0 Å². The molecule has 0 atom stereocenters. The Bertz CT molecular complexity index is 1120. The minimum absolute atomic E-state index is 0.0376. The van der Waals surface area contributed by atoms with Gasteiger partial charge in [-0.15, -0.1) is 25.8 Å². The highest BCUT2D eigenvalue weighted by Crippen LogP contribution is 2.34. The quantitative estimate of drug-likeness (QED) is 0.406. The second-order valence-electron chi connectivity index (χ2n) is 5.81. The van der Waals surface area contributed by atoms with Crippen molar-refractivity contribution >= 4 is 28.3 Å². The molecule has 0 radical (unpaired) electrons. The second-order valence-corrected chi connectivity index (χ2v) is 7.94. The number of benzene rings is 3. The third-order valence-corrected chi connectivity index (χ3v) is 5.63. The zero-order chi connectivity index (χ0) is 21.2. The summed E-state index contributed by atoms with van der Waals surface area (Å²) in [6.45, 7) is 0. The fourth-order valence-corrected chi connectivity index (χ4v) is 3.92. The van der Waals surface area contributed by atoms with Crippen molar-refractivity contribution in [2.24, 2.45) is 0 Å². The van der Waals surface area contributed by atoms with Crippen molar-refractivity contribution in [1.82, 2.24) is 0 Å². The van der Waals surface area contributed by atoms with Gasteiger partial charge in [0.05, 0.1) is 10.6 Å². The molecule has 0 fully saturated rings.